The third-order valence-corrected chi connectivity index (χ3v) is 3.43. The molecule has 0 aliphatic carbocycles. The number of amides is 2. The fourth-order valence-corrected chi connectivity index (χ4v) is 2.19. The van der Waals surface area contributed by atoms with E-state index in [9.17, 15) is 9.59 Å². The molecule has 0 saturated carbocycles. The quantitative estimate of drug-likeness (QED) is 0.601. The van der Waals surface area contributed by atoms with Crippen LogP contribution in [0.1, 0.15) is 31.0 Å². The molecule has 0 aliphatic heterocycles. The number of pyridine rings is 1. The summed E-state index contributed by atoms with van der Waals surface area (Å²) in [6.45, 7) is 3.55. The van der Waals surface area contributed by atoms with Gasteiger partial charge in [0.2, 0.25) is 11.8 Å². The number of carbonyl (C=O) groups excluding carboxylic acids is 2. The van der Waals surface area contributed by atoms with Crippen LogP contribution in [0.15, 0.2) is 53.6 Å². The van der Waals surface area contributed by atoms with Gasteiger partial charge in [-0.1, -0.05) is 36.4 Å². The van der Waals surface area contributed by atoms with Crippen LogP contribution in [0.2, 0.25) is 0 Å². The van der Waals surface area contributed by atoms with Crippen LogP contribution < -0.4 is 10.7 Å². The minimum atomic E-state index is -0.224. The molecule has 1 heterocycles. The fourth-order valence-electron chi connectivity index (χ4n) is 2.19. The average molecular weight is 338 g/mol. The third kappa shape index (κ3) is 6.95. The van der Waals surface area contributed by atoms with Crippen LogP contribution in [0.4, 0.5) is 5.82 Å². The number of hydrazone groups is 1. The molecule has 1 aromatic carbocycles. The molecule has 0 unspecified atom stereocenters. The summed E-state index contributed by atoms with van der Waals surface area (Å²) in [5, 5.41) is 6.68. The Balaban J connectivity index is 1.74. The van der Waals surface area contributed by atoms with Crippen LogP contribution in [-0.2, 0) is 16.0 Å². The Kier molecular flexibility index (Phi) is 6.83. The van der Waals surface area contributed by atoms with Crippen molar-refractivity contribution in [3.63, 3.8) is 0 Å². The number of aromatic nitrogens is 1. The number of aryl methyl sites for hydroxylation is 2. The van der Waals surface area contributed by atoms with E-state index in [0.717, 1.165) is 11.3 Å². The van der Waals surface area contributed by atoms with Crippen LogP contribution in [0, 0.1) is 6.92 Å². The number of hydrogen-bond acceptors (Lipinski definition) is 4. The molecule has 0 bridgehead atoms. The Morgan fingerprint density at radius 1 is 1.04 bits per heavy atom. The van der Waals surface area contributed by atoms with Gasteiger partial charge in [-0.2, -0.15) is 5.10 Å². The summed E-state index contributed by atoms with van der Waals surface area (Å²) in [7, 11) is 0. The molecule has 0 atom stereocenters. The van der Waals surface area contributed by atoms with Crippen molar-refractivity contribution < 1.29 is 9.59 Å². The predicted molar refractivity (Wildman–Crippen MR) is 98.2 cm³/mol. The molecule has 25 heavy (non-hydrogen) atoms. The van der Waals surface area contributed by atoms with E-state index in [2.05, 4.69) is 20.8 Å². The van der Waals surface area contributed by atoms with Gasteiger partial charge in [0.15, 0.2) is 0 Å². The lowest BCUT2D eigenvalue weighted by molar-refractivity contribution is -0.121. The second-order valence-corrected chi connectivity index (χ2v) is 5.76. The maximum atomic E-state index is 11.9. The van der Waals surface area contributed by atoms with Crippen molar-refractivity contribution in [1.82, 2.24) is 10.4 Å². The molecule has 130 valence electrons. The van der Waals surface area contributed by atoms with Crippen molar-refractivity contribution in [2.75, 3.05) is 5.32 Å². The van der Waals surface area contributed by atoms with Crippen LogP contribution in [0.25, 0.3) is 0 Å². The Hall–Kier alpha value is -3.02. The molecular formula is C19H22N4O2. The molecular weight excluding hydrogens is 316 g/mol. The highest BCUT2D eigenvalue weighted by atomic mass is 16.2. The summed E-state index contributed by atoms with van der Waals surface area (Å²) in [5.74, 6) is 0.103. The summed E-state index contributed by atoms with van der Waals surface area (Å²) >= 11 is 0. The number of hydrogen-bond donors (Lipinski definition) is 2. The van der Waals surface area contributed by atoms with E-state index in [1.807, 2.05) is 49.4 Å². The summed E-state index contributed by atoms with van der Waals surface area (Å²) in [6.07, 6.45) is 1.09. The zero-order chi connectivity index (χ0) is 18.1. The van der Waals surface area contributed by atoms with Gasteiger partial charge in [0.25, 0.3) is 0 Å². The van der Waals surface area contributed by atoms with Gasteiger partial charge in [0.05, 0.1) is 6.42 Å². The molecule has 2 aromatic rings. The maximum absolute atomic E-state index is 11.9. The zero-order valence-electron chi connectivity index (χ0n) is 14.5. The molecule has 2 amide bonds. The van der Waals surface area contributed by atoms with Crippen molar-refractivity contribution in [2.45, 2.75) is 33.1 Å². The molecule has 0 spiro atoms. The summed E-state index contributed by atoms with van der Waals surface area (Å²) in [6, 6.07) is 15.2. The number of nitrogens with zero attached hydrogens (tertiary/aromatic N) is 2. The standard InChI is InChI=1S/C19H22N4O2/c1-14-7-6-10-17(20-14)21-19(25)13-15(2)22-23-18(24)12-11-16-8-4-3-5-9-16/h3-10H,11-13H2,1-2H3,(H,23,24)(H,20,21,25)/b22-15-. The first-order valence-electron chi connectivity index (χ1n) is 8.12. The summed E-state index contributed by atoms with van der Waals surface area (Å²) in [4.78, 5) is 28.0. The number of rotatable bonds is 7. The van der Waals surface area contributed by atoms with Crippen LogP contribution >= 0.6 is 0 Å². The van der Waals surface area contributed by atoms with Crippen molar-refractivity contribution in [1.29, 1.82) is 0 Å². The smallest absolute Gasteiger partial charge is 0.240 e. The second-order valence-electron chi connectivity index (χ2n) is 5.76. The number of nitrogens with one attached hydrogen (secondary N) is 2. The van der Waals surface area contributed by atoms with E-state index in [1.165, 1.54) is 0 Å². The Morgan fingerprint density at radius 3 is 2.52 bits per heavy atom. The number of anilines is 1. The van der Waals surface area contributed by atoms with Gasteiger partial charge >= 0.3 is 0 Å². The molecule has 1 aromatic heterocycles. The lowest BCUT2D eigenvalue weighted by Gasteiger charge is -2.05. The Bertz CT molecular complexity index is 757. The first-order chi connectivity index (χ1) is 12.0. The lowest BCUT2D eigenvalue weighted by atomic mass is 10.1. The Morgan fingerprint density at radius 2 is 1.80 bits per heavy atom. The lowest BCUT2D eigenvalue weighted by Crippen LogP contribution is -2.22. The summed E-state index contributed by atoms with van der Waals surface area (Å²) in [5.41, 5.74) is 4.94. The minimum Gasteiger partial charge on any atom is -0.310 e. The third-order valence-electron chi connectivity index (χ3n) is 3.43. The monoisotopic (exact) mass is 338 g/mol. The van der Waals surface area contributed by atoms with Crippen molar-refractivity contribution >= 4 is 23.3 Å². The average Bonchev–Trinajstić information content (AvgIpc) is 2.59. The van der Waals surface area contributed by atoms with Crippen LogP contribution in [0.5, 0.6) is 0 Å². The maximum Gasteiger partial charge on any atom is 0.240 e. The van der Waals surface area contributed by atoms with E-state index in [4.69, 9.17) is 0 Å². The topological polar surface area (TPSA) is 83.4 Å². The SMILES string of the molecule is C/C(CC(=O)Nc1cccc(C)n1)=N/NC(=O)CCc1ccccc1. The molecule has 0 saturated heterocycles. The van der Waals surface area contributed by atoms with E-state index >= 15 is 0 Å². The molecule has 0 aliphatic rings. The van der Waals surface area contributed by atoms with Crippen LogP contribution in [-0.4, -0.2) is 22.5 Å². The van der Waals surface area contributed by atoms with E-state index in [1.54, 1.807) is 13.0 Å². The molecule has 2 rings (SSSR count). The second kappa shape index (κ2) is 9.32. The molecule has 6 nitrogen and oxygen atoms in total. The highest BCUT2D eigenvalue weighted by Gasteiger charge is 2.07. The van der Waals surface area contributed by atoms with Crippen molar-refractivity contribution in [2.24, 2.45) is 5.10 Å². The molecule has 2 N–H and O–H groups in total. The van der Waals surface area contributed by atoms with Gasteiger partial charge in [-0.25, -0.2) is 10.4 Å². The normalized spacial score (nSPS) is 11.0. The first-order valence-corrected chi connectivity index (χ1v) is 8.12. The largest absolute Gasteiger partial charge is 0.310 e. The van der Waals surface area contributed by atoms with Gasteiger partial charge in [-0.15, -0.1) is 0 Å². The highest BCUT2D eigenvalue weighted by molar-refractivity contribution is 6.05. The van der Waals surface area contributed by atoms with Gasteiger partial charge in [0.1, 0.15) is 5.82 Å². The number of carbonyl (C=O) groups is 2. The Labute approximate surface area is 147 Å². The van der Waals surface area contributed by atoms with E-state index in [-0.39, 0.29) is 18.2 Å². The predicted octanol–water partition coefficient (Wildman–Crippen LogP) is 2.84. The van der Waals surface area contributed by atoms with E-state index in [0.29, 0.717) is 24.4 Å². The molecule has 0 radical (unpaired) electrons. The van der Waals surface area contributed by atoms with Gasteiger partial charge in [0, 0.05) is 17.8 Å². The van der Waals surface area contributed by atoms with Crippen LogP contribution in [0.3, 0.4) is 0 Å². The zero-order valence-corrected chi connectivity index (χ0v) is 14.5. The number of benzene rings is 1. The highest BCUT2D eigenvalue weighted by Crippen LogP contribution is 2.05. The van der Waals surface area contributed by atoms with Gasteiger partial charge in [-0.05, 0) is 38.0 Å². The minimum absolute atomic E-state index is 0.0919. The first kappa shape index (κ1) is 18.3. The van der Waals surface area contributed by atoms with Gasteiger partial charge < -0.3 is 5.32 Å². The fraction of sp³-hybridized carbons (Fsp3) is 0.263. The molecule has 0 fully saturated rings. The van der Waals surface area contributed by atoms with E-state index < -0.39 is 0 Å². The molecule has 6 heteroatoms. The van der Waals surface area contributed by atoms with Crippen molar-refractivity contribution in [3.05, 3.63) is 59.8 Å². The summed E-state index contributed by atoms with van der Waals surface area (Å²) < 4.78 is 0. The van der Waals surface area contributed by atoms with Gasteiger partial charge in [-0.3, -0.25) is 9.59 Å². The van der Waals surface area contributed by atoms with Crippen molar-refractivity contribution in [3.8, 4) is 0 Å².